The molecule has 3 heteroatoms. The molecule has 0 unspecified atom stereocenters. The number of furan rings is 1. The van der Waals surface area contributed by atoms with Gasteiger partial charge in [0.05, 0.1) is 22.1 Å². The molecule has 0 aliphatic carbocycles. The molecule has 0 N–H and O–H groups in total. The minimum atomic E-state index is 0.905. The fourth-order valence-electron chi connectivity index (χ4n) is 10.6. The first-order chi connectivity index (χ1) is 31.2. The zero-order valence-electron chi connectivity index (χ0n) is 34.1. The van der Waals surface area contributed by atoms with Crippen molar-refractivity contribution in [1.29, 1.82) is 0 Å². The van der Waals surface area contributed by atoms with Crippen LogP contribution in [0, 0.1) is 0 Å². The summed E-state index contributed by atoms with van der Waals surface area (Å²) in [6.45, 7) is 0. The summed E-state index contributed by atoms with van der Waals surface area (Å²) in [6.07, 6.45) is 0. The summed E-state index contributed by atoms with van der Waals surface area (Å²) in [6, 6.07) is 79.9. The fraction of sp³-hybridized carbons (Fsp3) is 0. The number of hydrogen-bond acceptors (Lipinski definition) is 1. The minimum absolute atomic E-state index is 0.905. The van der Waals surface area contributed by atoms with Crippen molar-refractivity contribution in [1.82, 2.24) is 9.13 Å². The van der Waals surface area contributed by atoms with Gasteiger partial charge < -0.3 is 13.6 Å². The lowest BCUT2D eigenvalue weighted by molar-refractivity contribution is 0.669. The summed E-state index contributed by atoms with van der Waals surface area (Å²) in [7, 11) is 0. The Morgan fingerprint density at radius 1 is 0.222 bits per heavy atom. The van der Waals surface area contributed by atoms with Crippen molar-refractivity contribution in [2.75, 3.05) is 0 Å². The molecule has 0 atom stereocenters. The van der Waals surface area contributed by atoms with Gasteiger partial charge >= 0.3 is 0 Å². The maximum atomic E-state index is 6.18. The topological polar surface area (TPSA) is 23.0 Å². The molecule has 0 saturated heterocycles. The molecule has 63 heavy (non-hydrogen) atoms. The zero-order chi connectivity index (χ0) is 41.2. The Balaban J connectivity index is 0.851. The standard InChI is InChI=1S/C60H36N2O/c1-2-13-45-43(11-1)44-12-3-4-14-46(44)51-35-41(27-29-47(45)51)61-55-18-8-5-15-48(55)52-33-39(25-30-57(52)61)37-21-23-38(24-22-37)40-26-31-58-53(34-40)49-16-6-9-19-56(49)62(58)42-28-32-60-54(36-42)50-17-7-10-20-59(50)63-60/h1-36H. The van der Waals surface area contributed by atoms with Crippen molar-refractivity contribution in [3.8, 4) is 33.6 Å². The lowest BCUT2D eigenvalue weighted by atomic mass is 9.94. The zero-order valence-corrected chi connectivity index (χ0v) is 34.1. The van der Waals surface area contributed by atoms with Crippen molar-refractivity contribution in [2.45, 2.75) is 0 Å². The van der Waals surface area contributed by atoms with Crippen molar-refractivity contribution in [3.05, 3.63) is 218 Å². The van der Waals surface area contributed by atoms with Crippen molar-refractivity contribution >= 4 is 97.9 Å². The van der Waals surface area contributed by atoms with E-state index in [4.69, 9.17) is 4.42 Å². The van der Waals surface area contributed by atoms with Crippen LogP contribution in [0.15, 0.2) is 223 Å². The molecule has 0 aliphatic rings. The number of fused-ring (bicyclic) bond motifs is 15. The monoisotopic (exact) mass is 800 g/mol. The first-order valence-corrected chi connectivity index (χ1v) is 21.7. The molecule has 3 aromatic heterocycles. The molecule has 11 aromatic carbocycles. The molecule has 14 rings (SSSR count). The van der Waals surface area contributed by atoms with Gasteiger partial charge in [-0.05, 0) is 127 Å². The molecule has 14 aromatic rings. The van der Waals surface area contributed by atoms with E-state index in [1.54, 1.807) is 0 Å². The Bertz CT molecular complexity index is 4160. The van der Waals surface area contributed by atoms with E-state index in [1.807, 2.05) is 12.1 Å². The fourth-order valence-corrected chi connectivity index (χ4v) is 10.6. The van der Waals surface area contributed by atoms with E-state index < -0.39 is 0 Å². The van der Waals surface area contributed by atoms with E-state index in [0.29, 0.717) is 0 Å². The highest BCUT2D eigenvalue weighted by molar-refractivity contribution is 6.26. The summed E-state index contributed by atoms with van der Waals surface area (Å²) in [5.74, 6) is 0. The van der Waals surface area contributed by atoms with Crippen molar-refractivity contribution in [2.24, 2.45) is 0 Å². The summed E-state index contributed by atoms with van der Waals surface area (Å²) >= 11 is 0. The highest BCUT2D eigenvalue weighted by Gasteiger charge is 2.18. The molecular formula is C60H36N2O. The molecule has 3 heterocycles. The van der Waals surface area contributed by atoms with Gasteiger partial charge in [0.1, 0.15) is 11.2 Å². The van der Waals surface area contributed by atoms with Gasteiger partial charge in [-0.3, -0.25) is 0 Å². The molecule has 0 saturated carbocycles. The molecule has 3 nitrogen and oxygen atoms in total. The van der Waals surface area contributed by atoms with Crippen LogP contribution in [0.25, 0.3) is 131 Å². The van der Waals surface area contributed by atoms with Crippen LogP contribution in [0.5, 0.6) is 0 Å². The van der Waals surface area contributed by atoms with Gasteiger partial charge in [-0.25, -0.2) is 0 Å². The summed E-state index contributed by atoms with van der Waals surface area (Å²) in [5.41, 5.74) is 13.7. The van der Waals surface area contributed by atoms with Gasteiger partial charge in [0.25, 0.3) is 0 Å². The third-order valence-corrected chi connectivity index (χ3v) is 13.5. The summed E-state index contributed by atoms with van der Waals surface area (Å²) in [5, 5.41) is 14.9. The number of benzene rings is 11. The van der Waals surface area contributed by atoms with Gasteiger partial charge in [-0.1, -0.05) is 146 Å². The molecule has 0 fully saturated rings. The predicted octanol–water partition coefficient (Wildman–Crippen LogP) is 16.6. The normalized spacial score (nSPS) is 12.1. The predicted molar refractivity (Wildman–Crippen MR) is 266 cm³/mol. The largest absolute Gasteiger partial charge is 0.456 e. The average Bonchev–Trinajstić information content (AvgIpc) is 4.01. The van der Waals surface area contributed by atoms with Crippen molar-refractivity contribution < 1.29 is 4.42 Å². The van der Waals surface area contributed by atoms with Crippen LogP contribution < -0.4 is 0 Å². The number of nitrogens with zero attached hydrogens (tertiary/aromatic N) is 2. The lowest BCUT2D eigenvalue weighted by Crippen LogP contribution is -1.94. The van der Waals surface area contributed by atoms with Gasteiger partial charge in [0, 0.05) is 43.7 Å². The van der Waals surface area contributed by atoms with E-state index in [-0.39, 0.29) is 0 Å². The minimum Gasteiger partial charge on any atom is -0.456 e. The highest BCUT2D eigenvalue weighted by Crippen LogP contribution is 2.41. The van der Waals surface area contributed by atoms with Crippen LogP contribution in [0.3, 0.4) is 0 Å². The second-order valence-corrected chi connectivity index (χ2v) is 16.8. The smallest absolute Gasteiger partial charge is 0.135 e. The molecular weight excluding hydrogens is 765 g/mol. The first kappa shape index (κ1) is 34.3. The van der Waals surface area contributed by atoms with E-state index in [0.717, 1.165) is 27.6 Å². The van der Waals surface area contributed by atoms with E-state index >= 15 is 0 Å². The van der Waals surface area contributed by atoms with E-state index in [9.17, 15) is 0 Å². The van der Waals surface area contributed by atoms with Gasteiger partial charge in [0.15, 0.2) is 0 Å². The number of rotatable bonds is 4. The Labute approximate surface area is 361 Å². The average molecular weight is 801 g/mol. The quantitative estimate of drug-likeness (QED) is 0.163. The van der Waals surface area contributed by atoms with Crippen LogP contribution >= 0.6 is 0 Å². The third kappa shape index (κ3) is 5.02. The molecule has 0 spiro atoms. The van der Waals surface area contributed by atoms with Crippen LogP contribution in [0.2, 0.25) is 0 Å². The Morgan fingerprint density at radius 3 is 1.16 bits per heavy atom. The van der Waals surface area contributed by atoms with Crippen molar-refractivity contribution in [3.63, 3.8) is 0 Å². The van der Waals surface area contributed by atoms with E-state index in [1.165, 1.54) is 104 Å². The number of aromatic nitrogens is 2. The molecule has 0 radical (unpaired) electrons. The molecule has 0 bridgehead atoms. The maximum absolute atomic E-state index is 6.18. The Kier molecular flexibility index (Phi) is 7.11. The second-order valence-electron chi connectivity index (χ2n) is 16.8. The van der Waals surface area contributed by atoms with Crippen LogP contribution in [-0.2, 0) is 0 Å². The summed E-state index contributed by atoms with van der Waals surface area (Å²) in [4.78, 5) is 0. The van der Waals surface area contributed by atoms with Crippen LogP contribution in [-0.4, -0.2) is 9.13 Å². The summed E-state index contributed by atoms with van der Waals surface area (Å²) < 4.78 is 11.0. The molecule has 292 valence electrons. The lowest BCUT2D eigenvalue weighted by Gasteiger charge is -2.14. The number of para-hydroxylation sites is 3. The maximum Gasteiger partial charge on any atom is 0.135 e. The Hall–Kier alpha value is -8.40. The molecule has 0 amide bonds. The van der Waals surface area contributed by atoms with Crippen LogP contribution in [0.1, 0.15) is 0 Å². The first-order valence-electron chi connectivity index (χ1n) is 21.7. The van der Waals surface area contributed by atoms with Gasteiger partial charge in [0.2, 0.25) is 0 Å². The van der Waals surface area contributed by atoms with E-state index in [2.05, 4.69) is 215 Å². The third-order valence-electron chi connectivity index (χ3n) is 13.5. The highest BCUT2D eigenvalue weighted by atomic mass is 16.3. The Morgan fingerprint density at radius 2 is 0.603 bits per heavy atom. The number of hydrogen-bond donors (Lipinski definition) is 0. The molecule has 0 aliphatic heterocycles. The van der Waals surface area contributed by atoms with Gasteiger partial charge in [-0.2, -0.15) is 0 Å². The van der Waals surface area contributed by atoms with Gasteiger partial charge in [-0.15, -0.1) is 0 Å². The van der Waals surface area contributed by atoms with Crippen LogP contribution in [0.4, 0.5) is 0 Å². The second kappa shape index (κ2) is 13.1. The SMILES string of the molecule is c1ccc2c(c1)oc1ccc(-n3c4ccccc4c4cc(-c5ccc(-c6ccc7c(c6)c6ccccc6n7-c6ccc7c8ccccc8c8ccccc8c7c6)cc5)ccc43)cc12.